The van der Waals surface area contributed by atoms with Crippen LogP contribution in [-0.2, 0) is 4.74 Å². The first-order chi connectivity index (χ1) is 9.77. The number of morpholine rings is 1. The summed E-state index contributed by atoms with van der Waals surface area (Å²) in [7, 11) is 2.40. The summed E-state index contributed by atoms with van der Waals surface area (Å²) in [5.74, 6) is 0. The van der Waals surface area contributed by atoms with Crippen molar-refractivity contribution >= 4 is 0 Å². The SMILES string of the molecule is CCCCCCCCCCCCC[N+]1(C)CCOCC1. The van der Waals surface area contributed by atoms with Crippen LogP contribution in [0.1, 0.15) is 77.6 Å². The zero-order valence-electron chi connectivity index (χ0n) is 14.2. The van der Waals surface area contributed by atoms with Crippen LogP contribution in [0.2, 0.25) is 0 Å². The molecule has 0 spiro atoms. The molecule has 1 aliphatic heterocycles. The predicted molar refractivity (Wildman–Crippen MR) is 88.1 cm³/mol. The molecule has 2 heteroatoms. The van der Waals surface area contributed by atoms with Crippen molar-refractivity contribution in [1.29, 1.82) is 0 Å². The molecule has 0 atom stereocenters. The van der Waals surface area contributed by atoms with Crippen LogP contribution in [0.3, 0.4) is 0 Å². The first kappa shape index (κ1) is 18.0. The number of unbranched alkanes of at least 4 members (excludes halogenated alkanes) is 10. The third-order valence-electron chi connectivity index (χ3n) is 4.85. The van der Waals surface area contributed by atoms with Gasteiger partial charge in [0.25, 0.3) is 0 Å². The second kappa shape index (κ2) is 11.6. The molecule has 0 radical (unpaired) electrons. The van der Waals surface area contributed by atoms with Crippen molar-refractivity contribution in [2.75, 3.05) is 39.9 Å². The minimum absolute atomic E-state index is 0.967. The fourth-order valence-electron chi connectivity index (χ4n) is 3.17. The molecule has 0 aromatic rings. The first-order valence-electron chi connectivity index (χ1n) is 9.18. The highest BCUT2D eigenvalue weighted by Crippen LogP contribution is 2.13. The van der Waals surface area contributed by atoms with Crippen LogP contribution in [0.25, 0.3) is 0 Å². The van der Waals surface area contributed by atoms with Crippen LogP contribution in [0.15, 0.2) is 0 Å². The zero-order chi connectivity index (χ0) is 14.5. The van der Waals surface area contributed by atoms with E-state index in [9.17, 15) is 0 Å². The third kappa shape index (κ3) is 8.97. The van der Waals surface area contributed by atoms with Crippen LogP contribution < -0.4 is 0 Å². The van der Waals surface area contributed by atoms with E-state index in [1.165, 1.54) is 94.7 Å². The topological polar surface area (TPSA) is 9.23 Å². The van der Waals surface area contributed by atoms with Gasteiger partial charge in [-0.05, 0) is 12.8 Å². The Morgan fingerprint density at radius 3 is 1.65 bits per heavy atom. The molecular formula is C18H38NO+. The van der Waals surface area contributed by atoms with Gasteiger partial charge in [-0.15, -0.1) is 0 Å². The van der Waals surface area contributed by atoms with Gasteiger partial charge in [0.1, 0.15) is 13.1 Å². The number of ether oxygens (including phenoxy) is 1. The largest absolute Gasteiger partial charge is 0.370 e. The highest BCUT2D eigenvalue weighted by Gasteiger charge is 2.23. The van der Waals surface area contributed by atoms with Gasteiger partial charge in [-0.3, -0.25) is 0 Å². The second-order valence-corrected chi connectivity index (χ2v) is 6.94. The summed E-state index contributed by atoms with van der Waals surface area (Å²) in [5, 5.41) is 0. The molecule has 0 unspecified atom stereocenters. The van der Waals surface area contributed by atoms with E-state index in [2.05, 4.69) is 14.0 Å². The van der Waals surface area contributed by atoms with E-state index in [4.69, 9.17) is 4.74 Å². The Balaban J connectivity index is 1.80. The van der Waals surface area contributed by atoms with Crippen LogP contribution in [0.4, 0.5) is 0 Å². The summed E-state index contributed by atoms with van der Waals surface area (Å²) < 4.78 is 6.70. The lowest BCUT2D eigenvalue weighted by atomic mass is 10.1. The Bertz CT molecular complexity index is 211. The molecule has 0 N–H and O–H groups in total. The average molecular weight is 285 g/mol. The Morgan fingerprint density at radius 1 is 0.700 bits per heavy atom. The van der Waals surface area contributed by atoms with Gasteiger partial charge in [0.05, 0.1) is 26.8 Å². The molecule has 0 amide bonds. The molecule has 120 valence electrons. The molecule has 1 fully saturated rings. The average Bonchev–Trinajstić information content (AvgIpc) is 2.45. The molecular weight excluding hydrogens is 246 g/mol. The van der Waals surface area contributed by atoms with Crippen LogP contribution >= 0.6 is 0 Å². The van der Waals surface area contributed by atoms with Gasteiger partial charge in [-0.25, -0.2) is 0 Å². The molecule has 0 saturated carbocycles. The Kier molecular flexibility index (Phi) is 10.4. The zero-order valence-corrected chi connectivity index (χ0v) is 14.2. The normalized spacial score (nSPS) is 18.3. The maximum Gasteiger partial charge on any atom is 0.102 e. The van der Waals surface area contributed by atoms with E-state index in [0.29, 0.717) is 0 Å². The molecule has 0 aromatic heterocycles. The number of nitrogens with zero attached hydrogens (tertiary/aromatic N) is 1. The number of quaternary nitrogens is 1. The number of hydrogen-bond donors (Lipinski definition) is 0. The van der Waals surface area contributed by atoms with Crippen LogP contribution in [0.5, 0.6) is 0 Å². The summed E-state index contributed by atoms with van der Waals surface area (Å²) in [6.45, 7) is 8.03. The second-order valence-electron chi connectivity index (χ2n) is 6.94. The van der Waals surface area contributed by atoms with Crippen molar-refractivity contribution in [2.24, 2.45) is 0 Å². The van der Waals surface area contributed by atoms with Gasteiger partial charge in [0.2, 0.25) is 0 Å². The van der Waals surface area contributed by atoms with Crippen LogP contribution in [0, 0.1) is 0 Å². The summed E-state index contributed by atoms with van der Waals surface area (Å²) in [4.78, 5) is 0. The van der Waals surface area contributed by atoms with E-state index in [0.717, 1.165) is 13.2 Å². The highest BCUT2D eigenvalue weighted by atomic mass is 16.5. The first-order valence-corrected chi connectivity index (χ1v) is 9.18. The summed E-state index contributed by atoms with van der Waals surface area (Å²) >= 11 is 0. The Morgan fingerprint density at radius 2 is 1.15 bits per heavy atom. The Labute approximate surface area is 127 Å². The third-order valence-corrected chi connectivity index (χ3v) is 4.85. The van der Waals surface area contributed by atoms with Crippen molar-refractivity contribution in [1.82, 2.24) is 0 Å². The lowest BCUT2D eigenvalue weighted by molar-refractivity contribution is -0.917. The van der Waals surface area contributed by atoms with Gasteiger partial charge in [0.15, 0.2) is 0 Å². The fraction of sp³-hybridized carbons (Fsp3) is 1.00. The van der Waals surface area contributed by atoms with E-state index in [1.54, 1.807) is 0 Å². The lowest BCUT2D eigenvalue weighted by Crippen LogP contribution is -2.52. The molecule has 0 aliphatic carbocycles. The quantitative estimate of drug-likeness (QED) is 0.370. The molecule has 1 rings (SSSR count). The monoisotopic (exact) mass is 284 g/mol. The minimum atomic E-state index is 0.967. The maximum atomic E-state index is 5.46. The predicted octanol–water partition coefficient (Wildman–Crippen LogP) is 4.77. The minimum Gasteiger partial charge on any atom is -0.370 e. The molecule has 1 saturated heterocycles. The molecule has 20 heavy (non-hydrogen) atoms. The molecule has 1 heterocycles. The fourth-order valence-corrected chi connectivity index (χ4v) is 3.17. The molecule has 2 nitrogen and oxygen atoms in total. The van der Waals surface area contributed by atoms with Gasteiger partial charge in [-0.2, -0.15) is 0 Å². The molecule has 0 aromatic carbocycles. The smallest absolute Gasteiger partial charge is 0.102 e. The number of rotatable bonds is 12. The van der Waals surface area contributed by atoms with Gasteiger partial charge < -0.3 is 9.22 Å². The lowest BCUT2D eigenvalue weighted by Gasteiger charge is -2.37. The van der Waals surface area contributed by atoms with Crippen molar-refractivity contribution in [3.8, 4) is 0 Å². The summed E-state index contributed by atoms with van der Waals surface area (Å²) in [6, 6.07) is 0. The highest BCUT2D eigenvalue weighted by molar-refractivity contribution is 4.50. The van der Waals surface area contributed by atoms with E-state index < -0.39 is 0 Å². The van der Waals surface area contributed by atoms with E-state index >= 15 is 0 Å². The van der Waals surface area contributed by atoms with E-state index in [1.807, 2.05) is 0 Å². The van der Waals surface area contributed by atoms with Crippen molar-refractivity contribution < 1.29 is 9.22 Å². The van der Waals surface area contributed by atoms with Crippen molar-refractivity contribution in [2.45, 2.75) is 77.6 Å². The van der Waals surface area contributed by atoms with Gasteiger partial charge in [0, 0.05) is 0 Å². The van der Waals surface area contributed by atoms with E-state index in [-0.39, 0.29) is 0 Å². The number of likely N-dealkylation sites (N-methyl/N-ethyl adjacent to an activating group) is 1. The van der Waals surface area contributed by atoms with Crippen molar-refractivity contribution in [3.63, 3.8) is 0 Å². The Hall–Kier alpha value is -0.0800. The molecule has 0 bridgehead atoms. The van der Waals surface area contributed by atoms with Gasteiger partial charge in [-0.1, -0.05) is 64.7 Å². The number of hydrogen-bond acceptors (Lipinski definition) is 1. The van der Waals surface area contributed by atoms with Gasteiger partial charge >= 0.3 is 0 Å². The van der Waals surface area contributed by atoms with Crippen LogP contribution in [-0.4, -0.2) is 44.4 Å². The maximum absolute atomic E-state index is 5.46. The standard InChI is InChI=1S/C18H38NO/c1-3-4-5-6-7-8-9-10-11-12-13-14-19(2)15-17-20-18-16-19/h3-18H2,1-2H3/q+1. The van der Waals surface area contributed by atoms with Crippen molar-refractivity contribution in [3.05, 3.63) is 0 Å². The molecule has 1 aliphatic rings. The summed E-state index contributed by atoms with van der Waals surface area (Å²) in [6.07, 6.45) is 15.9. The summed E-state index contributed by atoms with van der Waals surface area (Å²) in [5.41, 5.74) is 0.